The van der Waals surface area contributed by atoms with Gasteiger partial charge < -0.3 is 10.1 Å². The monoisotopic (exact) mass is 281 g/mol. The molecule has 1 heterocycles. The topological polar surface area (TPSA) is 55.4 Å². The molecule has 0 bridgehead atoms. The lowest BCUT2D eigenvalue weighted by molar-refractivity contribution is -0.117. The summed E-state index contributed by atoms with van der Waals surface area (Å²) in [4.78, 5) is 24.4. The number of benzene rings is 2. The molecule has 0 fully saturated rings. The third-order valence-electron chi connectivity index (χ3n) is 3.69. The highest BCUT2D eigenvalue weighted by Crippen LogP contribution is 2.35. The summed E-state index contributed by atoms with van der Waals surface area (Å²) < 4.78 is 5.12. The van der Waals surface area contributed by atoms with Crippen LogP contribution in [-0.2, 0) is 4.79 Å². The van der Waals surface area contributed by atoms with Crippen molar-refractivity contribution in [3.8, 4) is 5.75 Å². The summed E-state index contributed by atoms with van der Waals surface area (Å²) >= 11 is 0. The van der Waals surface area contributed by atoms with Crippen LogP contribution in [0.5, 0.6) is 5.75 Å². The molecule has 1 aliphatic rings. The summed E-state index contributed by atoms with van der Waals surface area (Å²) in [5, 5.41) is 2.81. The Morgan fingerprint density at radius 2 is 2.00 bits per heavy atom. The van der Waals surface area contributed by atoms with Crippen molar-refractivity contribution < 1.29 is 14.3 Å². The predicted octanol–water partition coefficient (Wildman–Crippen LogP) is 3.00. The van der Waals surface area contributed by atoms with Crippen LogP contribution < -0.4 is 10.1 Å². The van der Waals surface area contributed by atoms with Gasteiger partial charge in [0, 0.05) is 17.7 Å². The van der Waals surface area contributed by atoms with Crippen molar-refractivity contribution >= 4 is 17.4 Å². The van der Waals surface area contributed by atoms with Crippen molar-refractivity contribution in [3.63, 3.8) is 0 Å². The van der Waals surface area contributed by atoms with Gasteiger partial charge in [0.2, 0.25) is 5.91 Å². The zero-order chi connectivity index (χ0) is 14.8. The fraction of sp³-hybridized carbons (Fsp3) is 0.176. The molecule has 4 nitrogen and oxygen atoms in total. The molecule has 21 heavy (non-hydrogen) atoms. The highest BCUT2D eigenvalue weighted by atomic mass is 16.5. The second-order valence-corrected chi connectivity index (χ2v) is 4.99. The Balaban J connectivity index is 1.83. The normalized spacial score (nSPS) is 16.2. The number of anilines is 1. The average Bonchev–Trinajstić information content (AvgIpc) is 2.83. The standard InChI is InChI=1S/C17H15NO3/c1-21-12-6-4-5-11(9-12)16(19)10-14-13-7-2-3-8-15(13)18-17(14)20/h2-9,14H,10H2,1H3,(H,18,20)/t14-/m1/s1. The number of hydrogen-bond acceptors (Lipinski definition) is 3. The number of rotatable bonds is 4. The minimum absolute atomic E-state index is 0.0641. The summed E-state index contributed by atoms with van der Waals surface area (Å²) in [5.41, 5.74) is 2.25. The van der Waals surface area contributed by atoms with Crippen LogP contribution in [-0.4, -0.2) is 18.8 Å². The van der Waals surface area contributed by atoms with Crippen molar-refractivity contribution in [1.29, 1.82) is 0 Å². The Hall–Kier alpha value is -2.62. The largest absolute Gasteiger partial charge is 0.497 e. The fourth-order valence-corrected chi connectivity index (χ4v) is 2.58. The molecule has 0 saturated carbocycles. The molecule has 3 rings (SSSR count). The zero-order valence-corrected chi connectivity index (χ0v) is 11.6. The van der Waals surface area contributed by atoms with Crippen molar-refractivity contribution in [3.05, 3.63) is 59.7 Å². The molecule has 0 saturated heterocycles. The number of methoxy groups -OCH3 is 1. The van der Waals surface area contributed by atoms with Gasteiger partial charge in [-0.3, -0.25) is 9.59 Å². The molecule has 0 aromatic heterocycles. The van der Waals surface area contributed by atoms with Crippen LogP contribution in [0.15, 0.2) is 48.5 Å². The maximum Gasteiger partial charge on any atom is 0.232 e. The van der Waals surface area contributed by atoms with E-state index in [1.165, 1.54) is 0 Å². The Kier molecular flexibility index (Phi) is 3.44. The third-order valence-corrected chi connectivity index (χ3v) is 3.69. The molecule has 4 heteroatoms. The van der Waals surface area contributed by atoms with Crippen LogP contribution in [0.2, 0.25) is 0 Å². The Labute approximate surface area is 122 Å². The summed E-state index contributed by atoms with van der Waals surface area (Å²) in [5.74, 6) is 0.0372. The van der Waals surface area contributed by atoms with E-state index < -0.39 is 5.92 Å². The number of carbonyl (C=O) groups is 2. The quantitative estimate of drug-likeness (QED) is 0.876. The van der Waals surface area contributed by atoms with Crippen LogP contribution in [0.4, 0.5) is 5.69 Å². The van der Waals surface area contributed by atoms with E-state index in [1.807, 2.05) is 24.3 Å². The van der Waals surface area contributed by atoms with E-state index in [1.54, 1.807) is 31.4 Å². The molecule has 1 amide bonds. The Morgan fingerprint density at radius 3 is 2.81 bits per heavy atom. The van der Waals surface area contributed by atoms with Crippen LogP contribution in [0.3, 0.4) is 0 Å². The van der Waals surface area contributed by atoms with E-state index in [0.717, 1.165) is 11.3 Å². The molecule has 0 radical (unpaired) electrons. The molecule has 1 N–H and O–H groups in total. The first-order chi connectivity index (χ1) is 10.2. The lowest BCUT2D eigenvalue weighted by Crippen LogP contribution is -2.16. The molecule has 2 aromatic rings. The molecular formula is C17H15NO3. The lowest BCUT2D eigenvalue weighted by atomic mass is 9.93. The molecule has 106 valence electrons. The maximum atomic E-state index is 12.4. The minimum atomic E-state index is -0.417. The van der Waals surface area contributed by atoms with Crippen LogP contribution in [0.1, 0.15) is 28.3 Å². The van der Waals surface area contributed by atoms with Gasteiger partial charge in [-0.05, 0) is 23.8 Å². The number of fused-ring (bicyclic) bond motifs is 1. The van der Waals surface area contributed by atoms with Crippen molar-refractivity contribution in [2.45, 2.75) is 12.3 Å². The van der Waals surface area contributed by atoms with Gasteiger partial charge >= 0.3 is 0 Å². The summed E-state index contributed by atoms with van der Waals surface area (Å²) in [7, 11) is 1.56. The summed E-state index contributed by atoms with van der Waals surface area (Å²) in [6.45, 7) is 0. The zero-order valence-electron chi connectivity index (χ0n) is 11.6. The molecule has 0 spiro atoms. The van der Waals surface area contributed by atoms with Crippen LogP contribution >= 0.6 is 0 Å². The van der Waals surface area contributed by atoms with E-state index in [2.05, 4.69) is 5.32 Å². The van der Waals surface area contributed by atoms with Crippen molar-refractivity contribution in [1.82, 2.24) is 0 Å². The highest BCUT2D eigenvalue weighted by molar-refractivity contribution is 6.07. The number of para-hydroxylation sites is 1. The average molecular weight is 281 g/mol. The first-order valence-electron chi connectivity index (χ1n) is 6.76. The SMILES string of the molecule is COc1cccc(C(=O)C[C@H]2C(=O)Nc3ccccc32)c1. The van der Waals surface area contributed by atoms with Gasteiger partial charge in [-0.25, -0.2) is 0 Å². The van der Waals surface area contributed by atoms with E-state index in [9.17, 15) is 9.59 Å². The second kappa shape index (κ2) is 5.40. The van der Waals surface area contributed by atoms with E-state index in [4.69, 9.17) is 4.74 Å². The van der Waals surface area contributed by atoms with Gasteiger partial charge in [-0.1, -0.05) is 30.3 Å². The first kappa shape index (κ1) is 13.4. The predicted molar refractivity (Wildman–Crippen MR) is 79.8 cm³/mol. The highest BCUT2D eigenvalue weighted by Gasteiger charge is 2.32. The molecule has 1 aliphatic heterocycles. The molecular weight excluding hydrogens is 266 g/mol. The number of nitrogens with one attached hydrogen (secondary N) is 1. The maximum absolute atomic E-state index is 12.4. The van der Waals surface area contributed by atoms with Gasteiger partial charge in [-0.2, -0.15) is 0 Å². The molecule has 0 aliphatic carbocycles. The lowest BCUT2D eigenvalue weighted by Gasteiger charge is -2.08. The van der Waals surface area contributed by atoms with Crippen LogP contribution in [0, 0.1) is 0 Å². The van der Waals surface area contributed by atoms with E-state index in [-0.39, 0.29) is 18.1 Å². The van der Waals surface area contributed by atoms with Crippen LogP contribution in [0.25, 0.3) is 0 Å². The number of ether oxygens (including phenoxy) is 1. The van der Waals surface area contributed by atoms with E-state index in [0.29, 0.717) is 11.3 Å². The number of Topliss-reactive ketones (excluding diaryl/α,β-unsaturated/α-hetero) is 1. The minimum Gasteiger partial charge on any atom is -0.497 e. The second-order valence-electron chi connectivity index (χ2n) is 4.99. The number of hydrogen-bond donors (Lipinski definition) is 1. The van der Waals surface area contributed by atoms with E-state index >= 15 is 0 Å². The van der Waals surface area contributed by atoms with Gasteiger partial charge in [0.25, 0.3) is 0 Å². The smallest absolute Gasteiger partial charge is 0.232 e. The third kappa shape index (κ3) is 2.52. The Bertz CT molecular complexity index is 709. The van der Waals surface area contributed by atoms with Gasteiger partial charge in [0.15, 0.2) is 5.78 Å². The summed E-state index contributed by atoms with van der Waals surface area (Å²) in [6.07, 6.45) is 0.163. The van der Waals surface area contributed by atoms with Crippen molar-refractivity contribution in [2.24, 2.45) is 0 Å². The van der Waals surface area contributed by atoms with Gasteiger partial charge in [-0.15, -0.1) is 0 Å². The van der Waals surface area contributed by atoms with Gasteiger partial charge in [0.1, 0.15) is 5.75 Å². The molecule has 1 atom stereocenters. The van der Waals surface area contributed by atoms with Gasteiger partial charge in [0.05, 0.1) is 13.0 Å². The summed E-state index contributed by atoms with van der Waals surface area (Å²) in [6, 6.07) is 14.5. The first-order valence-corrected chi connectivity index (χ1v) is 6.76. The fourth-order valence-electron chi connectivity index (χ4n) is 2.58. The number of ketones is 1. The Morgan fingerprint density at radius 1 is 1.19 bits per heavy atom. The number of amides is 1. The molecule has 0 unspecified atom stereocenters. The van der Waals surface area contributed by atoms with Crippen molar-refractivity contribution in [2.75, 3.05) is 12.4 Å². The molecule has 2 aromatic carbocycles. The number of carbonyl (C=O) groups excluding carboxylic acids is 2.